The van der Waals surface area contributed by atoms with Crippen LogP contribution in [-0.4, -0.2) is 29.5 Å². The van der Waals surface area contributed by atoms with E-state index in [1.807, 2.05) is 13.8 Å². The largest absolute Gasteiger partial charge is 0.389 e. The van der Waals surface area contributed by atoms with Crippen LogP contribution >= 0.6 is 0 Å². The zero-order valence-corrected chi connectivity index (χ0v) is 6.50. The van der Waals surface area contributed by atoms with Gasteiger partial charge in [0.2, 0.25) is 0 Å². The highest BCUT2D eigenvalue weighted by Crippen LogP contribution is 2.21. The van der Waals surface area contributed by atoms with Gasteiger partial charge in [-0.05, 0) is 20.3 Å². The van der Waals surface area contributed by atoms with Crippen LogP contribution in [0.5, 0.6) is 0 Å². The molecule has 0 spiro atoms. The van der Waals surface area contributed by atoms with E-state index in [0.717, 1.165) is 6.42 Å². The molecule has 3 N–H and O–H groups in total. The van der Waals surface area contributed by atoms with Crippen molar-refractivity contribution in [2.75, 3.05) is 6.61 Å². The molecule has 60 valence electrons. The molecule has 1 rings (SSSR count). The highest BCUT2D eigenvalue weighted by atomic mass is 16.5. The molecule has 3 heteroatoms. The molecule has 0 aliphatic carbocycles. The summed E-state index contributed by atoms with van der Waals surface area (Å²) in [6, 6.07) is 0. The number of nitrogens with two attached hydrogens (primary N) is 1. The quantitative estimate of drug-likeness (QED) is 0.499. The van der Waals surface area contributed by atoms with E-state index in [0.29, 0.717) is 6.61 Å². The van der Waals surface area contributed by atoms with E-state index >= 15 is 0 Å². The second kappa shape index (κ2) is 2.49. The first-order valence-corrected chi connectivity index (χ1v) is 3.62. The van der Waals surface area contributed by atoms with Gasteiger partial charge in [-0.3, -0.25) is 0 Å². The average Bonchev–Trinajstić information content (AvgIpc) is 1.83. The average molecular weight is 145 g/mol. The summed E-state index contributed by atoms with van der Waals surface area (Å²) in [5.74, 6) is 0. The van der Waals surface area contributed by atoms with Gasteiger partial charge in [0.1, 0.15) is 0 Å². The summed E-state index contributed by atoms with van der Waals surface area (Å²) < 4.78 is 5.20. The molecule has 1 aliphatic rings. The maximum atomic E-state index is 9.46. The normalized spacial score (nSPS) is 49.2. The van der Waals surface area contributed by atoms with Crippen molar-refractivity contribution in [1.29, 1.82) is 0 Å². The third-order valence-corrected chi connectivity index (χ3v) is 2.14. The molecule has 1 heterocycles. The monoisotopic (exact) mass is 145 g/mol. The van der Waals surface area contributed by atoms with Crippen LogP contribution < -0.4 is 5.73 Å². The van der Waals surface area contributed by atoms with Crippen molar-refractivity contribution >= 4 is 0 Å². The van der Waals surface area contributed by atoms with Crippen LogP contribution in [0.25, 0.3) is 0 Å². The minimum Gasteiger partial charge on any atom is -0.389 e. The van der Waals surface area contributed by atoms with Crippen molar-refractivity contribution in [2.45, 2.75) is 38.0 Å². The van der Waals surface area contributed by atoms with Crippen molar-refractivity contribution in [2.24, 2.45) is 5.73 Å². The van der Waals surface area contributed by atoms with Gasteiger partial charge in [-0.2, -0.15) is 0 Å². The Kier molecular flexibility index (Phi) is 1.99. The van der Waals surface area contributed by atoms with E-state index in [1.165, 1.54) is 0 Å². The molecule has 3 atom stereocenters. The zero-order chi connectivity index (χ0) is 7.78. The fraction of sp³-hybridized carbons (Fsp3) is 1.00. The third kappa shape index (κ3) is 1.31. The third-order valence-electron chi connectivity index (χ3n) is 2.14. The van der Waals surface area contributed by atoms with E-state index in [2.05, 4.69) is 0 Å². The Morgan fingerprint density at radius 3 is 2.70 bits per heavy atom. The van der Waals surface area contributed by atoms with Gasteiger partial charge in [0, 0.05) is 12.1 Å². The summed E-state index contributed by atoms with van der Waals surface area (Å²) in [5.41, 5.74) is 5.32. The molecule has 1 aliphatic heterocycles. The van der Waals surface area contributed by atoms with Crippen LogP contribution in [0.15, 0.2) is 0 Å². The lowest BCUT2D eigenvalue weighted by Crippen LogP contribution is -2.57. The first-order valence-electron chi connectivity index (χ1n) is 3.62. The first kappa shape index (κ1) is 7.98. The molecule has 0 radical (unpaired) electrons. The van der Waals surface area contributed by atoms with E-state index in [4.69, 9.17) is 10.5 Å². The van der Waals surface area contributed by atoms with Crippen LogP contribution in [-0.2, 0) is 4.74 Å². The van der Waals surface area contributed by atoms with Gasteiger partial charge in [0.05, 0.1) is 12.2 Å². The van der Waals surface area contributed by atoms with E-state index < -0.39 is 11.6 Å². The highest BCUT2D eigenvalue weighted by molar-refractivity contribution is 4.93. The van der Waals surface area contributed by atoms with Crippen LogP contribution in [0.1, 0.15) is 20.3 Å². The number of hydrogen-bond acceptors (Lipinski definition) is 3. The molecule has 0 aromatic heterocycles. The molecule has 0 aromatic rings. The van der Waals surface area contributed by atoms with Crippen molar-refractivity contribution in [3.63, 3.8) is 0 Å². The smallest absolute Gasteiger partial charge is 0.0976 e. The SMILES string of the molecule is CC1OCC[C@](C)(N)[C@H]1O. The molecule has 10 heavy (non-hydrogen) atoms. The summed E-state index contributed by atoms with van der Waals surface area (Å²) in [6.45, 7) is 4.36. The molecule has 3 nitrogen and oxygen atoms in total. The predicted molar refractivity (Wildman–Crippen MR) is 38.6 cm³/mol. The molecule has 0 aromatic carbocycles. The first-order chi connectivity index (χ1) is 4.54. The Labute approximate surface area is 61.2 Å². The number of aliphatic hydroxyl groups is 1. The van der Waals surface area contributed by atoms with E-state index in [-0.39, 0.29) is 6.10 Å². The topological polar surface area (TPSA) is 55.5 Å². The minimum atomic E-state index is -0.527. The van der Waals surface area contributed by atoms with Gasteiger partial charge in [-0.15, -0.1) is 0 Å². The lowest BCUT2D eigenvalue weighted by atomic mass is 9.87. The summed E-state index contributed by atoms with van der Waals surface area (Å²) >= 11 is 0. The second-order valence-electron chi connectivity index (χ2n) is 3.28. The Bertz CT molecular complexity index is 125. The van der Waals surface area contributed by atoms with Crippen molar-refractivity contribution in [3.8, 4) is 0 Å². The van der Waals surface area contributed by atoms with Gasteiger partial charge < -0.3 is 15.6 Å². The lowest BCUT2D eigenvalue weighted by Gasteiger charge is -2.38. The van der Waals surface area contributed by atoms with Crippen LogP contribution in [0.2, 0.25) is 0 Å². The van der Waals surface area contributed by atoms with Crippen LogP contribution in [0, 0.1) is 0 Å². The Balaban J connectivity index is 2.60. The molecule has 1 saturated heterocycles. The second-order valence-corrected chi connectivity index (χ2v) is 3.28. The molecule has 1 unspecified atom stereocenters. The van der Waals surface area contributed by atoms with Gasteiger partial charge >= 0.3 is 0 Å². The number of hydrogen-bond donors (Lipinski definition) is 2. The van der Waals surface area contributed by atoms with Gasteiger partial charge in [0.15, 0.2) is 0 Å². The fourth-order valence-corrected chi connectivity index (χ4v) is 1.24. The number of aliphatic hydroxyl groups excluding tert-OH is 1. The van der Waals surface area contributed by atoms with Crippen molar-refractivity contribution in [3.05, 3.63) is 0 Å². The summed E-state index contributed by atoms with van der Waals surface area (Å²) in [4.78, 5) is 0. The summed E-state index contributed by atoms with van der Waals surface area (Å²) in [6.07, 6.45) is 0.0865. The predicted octanol–water partition coefficient (Wildman–Crippen LogP) is -0.126. The minimum absolute atomic E-state index is 0.122. The van der Waals surface area contributed by atoms with Gasteiger partial charge in [-0.1, -0.05) is 0 Å². The van der Waals surface area contributed by atoms with Crippen LogP contribution in [0.4, 0.5) is 0 Å². The summed E-state index contributed by atoms with van der Waals surface area (Å²) in [5, 5.41) is 9.46. The lowest BCUT2D eigenvalue weighted by molar-refractivity contribution is -0.101. The summed E-state index contributed by atoms with van der Waals surface area (Å²) in [7, 11) is 0. The number of rotatable bonds is 0. The van der Waals surface area contributed by atoms with Gasteiger partial charge in [-0.25, -0.2) is 0 Å². The molecule has 0 amide bonds. The molecule has 0 saturated carbocycles. The Hall–Kier alpha value is -0.120. The molecule has 0 bridgehead atoms. The highest BCUT2D eigenvalue weighted by Gasteiger charge is 2.36. The van der Waals surface area contributed by atoms with Crippen LogP contribution in [0.3, 0.4) is 0 Å². The maximum absolute atomic E-state index is 9.46. The van der Waals surface area contributed by atoms with E-state index in [9.17, 15) is 5.11 Å². The van der Waals surface area contributed by atoms with Crippen molar-refractivity contribution < 1.29 is 9.84 Å². The van der Waals surface area contributed by atoms with Gasteiger partial charge in [0.25, 0.3) is 0 Å². The molecule has 1 fully saturated rings. The maximum Gasteiger partial charge on any atom is 0.0976 e. The zero-order valence-electron chi connectivity index (χ0n) is 6.50. The Morgan fingerprint density at radius 1 is 1.70 bits per heavy atom. The molecular formula is C7H15NO2. The fourth-order valence-electron chi connectivity index (χ4n) is 1.24. The standard InChI is InChI=1S/C7H15NO2/c1-5-6(9)7(2,8)3-4-10-5/h5-6,9H,3-4,8H2,1-2H3/t5?,6-,7-/m0/s1. The van der Waals surface area contributed by atoms with Crippen molar-refractivity contribution in [1.82, 2.24) is 0 Å². The molecular weight excluding hydrogens is 130 g/mol. The van der Waals surface area contributed by atoms with E-state index in [1.54, 1.807) is 0 Å². The Morgan fingerprint density at radius 2 is 2.30 bits per heavy atom. The number of ether oxygens (including phenoxy) is 1.